The van der Waals surface area contributed by atoms with Crippen molar-refractivity contribution in [2.45, 2.75) is 26.2 Å². The number of amides is 3. The number of carbonyl (C=O) groups is 4. The van der Waals surface area contributed by atoms with Crippen LogP contribution in [0.3, 0.4) is 0 Å². The minimum Gasteiger partial charge on any atom is -0.495 e. The topological polar surface area (TPSA) is 102 Å². The second kappa shape index (κ2) is 9.85. The summed E-state index contributed by atoms with van der Waals surface area (Å²) in [6.07, 6.45) is 2.31. The lowest BCUT2D eigenvalue weighted by Gasteiger charge is -2.25. The normalized spacial score (nSPS) is 21.7. The summed E-state index contributed by atoms with van der Waals surface area (Å²) in [6, 6.07) is 10.9. The quantitative estimate of drug-likeness (QED) is 0.490. The molecule has 0 radical (unpaired) electrons. The number of methoxy groups -OCH3 is 1. The van der Waals surface area contributed by atoms with Crippen LogP contribution < -0.4 is 15.0 Å². The summed E-state index contributed by atoms with van der Waals surface area (Å²) < 4.78 is 10.3. The zero-order chi connectivity index (χ0) is 24.4. The van der Waals surface area contributed by atoms with E-state index in [1.165, 1.54) is 30.2 Å². The Balaban J connectivity index is 1.42. The third-order valence-corrected chi connectivity index (χ3v) is 6.53. The van der Waals surface area contributed by atoms with Gasteiger partial charge in [0.1, 0.15) is 5.75 Å². The van der Waals surface area contributed by atoms with Crippen molar-refractivity contribution in [3.63, 3.8) is 0 Å². The molecule has 3 atom stereocenters. The maximum atomic E-state index is 13.0. The van der Waals surface area contributed by atoms with E-state index in [1.54, 1.807) is 24.3 Å². The minimum atomic E-state index is -0.750. The third kappa shape index (κ3) is 4.77. The van der Waals surface area contributed by atoms with E-state index in [1.807, 2.05) is 0 Å². The Kier molecular flexibility index (Phi) is 6.88. The van der Waals surface area contributed by atoms with Crippen molar-refractivity contribution >= 4 is 46.7 Å². The van der Waals surface area contributed by atoms with Gasteiger partial charge in [0.2, 0.25) is 11.8 Å². The number of nitrogens with zero attached hydrogens (tertiary/aromatic N) is 1. The molecule has 1 N–H and O–H groups in total. The molecule has 2 aromatic rings. The van der Waals surface area contributed by atoms with Crippen LogP contribution in [-0.4, -0.2) is 37.4 Å². The Hall–Kier alpha value is -3.39. The van der Waals surface area contributed by atoms with Crippen molar-refractivity contribution < 1.29 is 28.7 Å². The first-order valence-corrected chi connectivity index (χ1v) is 11.4. The van der Waals surface area contributed by atoms with E-state index < -0.39 is 18.5 Å². The van der Waals surface area contributed by atoms with Crippen LogP contribution in [0.1, 0.15) is 36.5 Å². The summed E-state index contributed by atoms with van der Waals surface area (Å²) in [5.74, 6) is -1.56. The number of anilines is 2. The molecule has 2 aromatic carbocycles. The van der Waals surface area contributed by atoms with Crippen LogP contribution in [0.2, 0.25) is 5.02 Å². The predicted octanol–water partition coefficient (Wildman–Crippen LogP) is 4.07. The Labute approximate surface area is 202 Å². The second-order valence-electron chi connectivity index (χ2n) is 8.66. The van der Waals surface area contributed by atoms with Gasteiger partial charge < -0.3 is 14.8 Å². The van der Waals surface area contributed by atoms with Crippen LogP contribution in [-0.2, 0) is 19.1 Å². The lowest BCUT2D eigenvalue weighted by atomic mass is 9.76. The van der Waals surface area contributed by atoms with E-state index >= 15 is 0 Å². The number of benzene rings is 2. The molecule has 1 aliphatic heterocycles. The number of esters is 1. The highest BCUT2D eigenvalue weighted by atomic mass is 35.5. The monoisotopic (exact) mass is 484 g/mol. The van der Waals surface area contributed by atoms with Crippen molar-refractivity contribution in [3.05, 3.63) is 53.1 Å². The van der Waals surface area contributed by atoms with Crippen molar-refractivity contribution in [1.29, 1.82) is 0 Å². The van der Waals surface area contributed by atoms with Crippen molar-refractivity contribution in [1.82, 2.24) is 0 Å². The summed E-state index contributed by atoms with van der Waals surface area (Å²) in [7, 11) is 1.46. The molecule has 1 saturated carbocycles. The van der Waals surface area contributed by atoms with Crippen molar-refractivity contribution in [3.8, 4) is 5.75 Å². The molecule has 1 aliphatic carbocycles. The molecular weight excluding hydrogens is 460 g/mol. The van der Waals surface area contributed by atoms with Gasteiger partial charge in [0.05, 0.1) is 35.9 Å². The molecule has 1 heterocycles. The summed E-state index contributed by atoms with van der Waals surface area (Å²) in [6.45, 7) is 1.55. The third-order valence-electron chi connectivity index (χ3n) is 6.30. The molecule has 34 heavy (non-hydrogen) atoms. The number of carbonyl (C=O) groups excluding carboxylic acids is 4. The summed E-state index contributed by atoms with van der Waals surface area (Å²) in [4.78, 5) is 51.9. The van der Waals surface area contributed by atoms with E-state index in [9.17, 15) is 19.2 Å². The lowest BCUT2D eigenvalue weighted by molar-refractivity contribution is -0.122. The molecular formula is C25H25ClN2O6. The molecule has 0 spiro atoms. The van der Waals surface area contributed by atoms with Gasteiger partial charge in [-0.2, -0.15) is 0 Å². The van der Waals surface area contributed by atoms with Gasteiger partial charge in [0.15, 0.2) is 6.61 Å². The average Bonchev–Trinajstić information content (AvgIpc) is 3.07. The van der Waals surface area contributed by atoms with Crippen LogP contribution in [0.15, 0.2) is 42.5 Å². The zero-order valence-corrected chi connectivity index (χ0v) is 19.6. The fourth-order valence-electron chi connectivity index (χ4n) is 4.59. The molecule has 8 nitrogen and oxygen atoms in total. The first kappa shape index (κ1) is 23.8. The smallest absolute Gasteiger partial charge is 0.338 e. The number of hydrogen-bond donors (Lipinski definition) is 1. The molecule has 2 fully saturated rings. The Bertz CT molecular complexity index is 1150. The molecule has 4 rings (SSSR count). The van der Waals surface area contributed by atoms with E-state index in [2.05, 4.69) is 12.2 Å². The van der Waals surface area contributed by atoms with Crippen LogP contribution >= 0.6 is 11.6 Å². The van der Waals surface area contributed by atoms with Crippen molar-refractivity contribution in [2.75, 3.05) is 23.9 Å². The molecule has 3 amide bonds. The molecule has 9 heteroatoms. The highest BCUT2D eigenvalue weighted by Gasteiger charge is 2.50. The van der Waals surface area contributed by atoms with Crippen LogP contribution in [0.4, 0.5) is 11.4 Å². The van der Waals surface area contributed by atoms with E-state index in [-0.39, 0.29) is 29.2 Å². The van der Waals surface area contributed by atoms with Crippen molar-refractivity contribution in [2.24, 2.45) is 17.8 Å². The van der Waals surface area contributed by atoms with Gasteiger partial charge in [-0.1, -0.05) is 24.6 Å². The van der Waals surface area contributed by atoms with Gasteiger partial charge in [-0.3, -0.25) is 19.3 Å². The van der Waals surface area contributed by atoms with Crippen LogP contribution in [0, 0.1) is 17.8 Å². The maximum absolute atomic E-state index is 13.0. The zero-order valence-electron chi connectivity index (χ0n) is 18.9. The Morgan fingerprint density at radius 3 is 2.62 bits per heavy atom. The highest BCUT2D eigenvalue weighted by Crippen LogP contribution is 2.42. The fraction of sp³-hybridized carbons (Fsp3) is 0.360. The second-order valence-corrected chi connectivity index (χ2v) is 9.10. The van der Waals surface area contributed by atoms with Crippen LogP contribution in [0.25, 0.3) is 0 Å². The van der Waals surface area contributed by atoms with Crippen LogP contribution in [0.5, 0.6) is 5.75 Å². The van der Waals surface area contributed by atoms with Gasteiger partial charge in [0.25, 0.3) is 5.91 Å². The Morgan fingerprint density at radius 1 is 1.09 bits per heavy atom. The highest BCUT2D eigenvalue weighted by molar-refractivity contribution is 6.31. The number of rotatable bonds is 6. The Morgan fingerprint density at radius 2 is 1.85 bits per heavy atom. The SMILES string of the molecule is COc1ccc(Cl)cc1NC(=O)COC(=O)c1cccc(N2C(=O)[C@H]3C[C@H](C)CC[C@H]3C2=O)c1. The van der Waals surface area contributed by atoms with Gasteiger partial charge in [0, 0.05) is 5.02 Å². The predicted molar refractivity (Wildman–Crippen MR) is 126 cm³/mol. The van der Waals surface area contributed by atoms with Gasteiger partial charge >= 0.3 is 5.97 Å². The summed E-state index contributed by atoms with van der Waals surface area (Å²) >= 11 is 5.96. The molecule has 0 bridgehead atoms. The van der Waals surface area contributed by atoms with E-state index in [4.69, 9.17) is 21.1 Å². The summed E-state index contributed by atoms with van der Waals surface area (Å²) in [5.41, 5.74) is 0.814. The number of hydrogen-bond acceptors (Lipinski definition) is 6. The van der Waals surface area contributed by atoms with Gasteiger partial charge in [-0.15, -0.1) is 0 Å². The molecule has 1 saturated heterocycles. The first-order chi connectivity index (χ1) is 16.3. The standard InChI is InChI=1S/C25H25ClN2O6/c1-14-6-8-18-19(10-14)24(31)28(23(18)30)17-5-3-4-15(11-17)25(32)34-13-22(29)27-20-12-16(26)7-9-21(20)33-2/h3-5,7,9,11-12,14,18-19H,6,8,10,13H2,1-2H3,(H,27,29)/t14-,18-,19+/m1/s1. The lowest BCUT2D eigenvalue weighted by Crippen LogP contribution is -2.31. The number of ether oxygens (including phenoxy) is 2. The maximum Gasteiger partial charge on any atom is 0.338 e. The largest absolute Gasteiger partial charge is 0.495 e. The van der Waals surface area contributed by atoms with Gasteiger partial charge in [-0.25, -0.2) is 4.79 Å². The molecule has 178 valence electrons. The fourth-order valence-corrected chi connectivity index (χ4v) is 4.77. The number of halogens is 1. The molecule has 0 aromatic heterocycles. The molecule has 0 unspecified atom stereocenters. The number of nitrogens with one attached hydrogen (secondary N) is 1. The average molecular weight is 485 g/mol. The van der Waals surface area contributed by atoms with E-state index in [0.29, 0.717) is 40.9 Å². The summed E-state index contributed by atoms with van der Waals surface area (Å²) in [5, 5.41) is 2.99. The molecule has 2 aliphatic rings. The number of fused-ring (bicyclic) bond motifs is 1. The van der Waals surface area contributed by atoms with E-state index in [0.717, 1.165) is 6.42 Å². The van der Waals surface area contributed by atoms with Gasteiger partial charge in [-0.05, 0) is 61.6 Å². The first-order valence-electron chi connectivity index (χ1n) is 11.1. The number of imide groups is 1. The minimum absolute atomic E-state index is 0.134.